The van der Waals surface area contributed by atoms with E-state index in [1.807, 2.05) is 0 Å². The Bertz CT molecular complexity index is 979. The summed E-state index contributed by atoms with van der Waals surface area (Å²) >= 11 is 5.56. The lowest BCUT2D eigenvalue weighted by atomic mass is 10.00. The Balaban J connectivity index is 1.35. The van der Waals surface area contributed by atoms with Gasteiger partial charge in [-0.3, -0.25) is 0 Å². The van der Waals surface area contributed by atoms with Crippen molar-refractivity contribution in [3.8, 4) is 0 Å². The van der Waals surface area contributed by atoms with Gasteiger partial charge in [0.05, 0.1) is 6.10 Å². The molecule has 33 heavy (non-hydrogen) atoms. The largest absolute Gasteiger partial charge is 0.376 e. The molecule has 2 saturated heterocycles. The number of aromatic nitrogens is 2. The predicted octanol–water partition coefficient (Wildman–Crippen LogP) is 3.74. The van der Waals surface area contributed by atoms with E-state index in [0.717, 1.165) is 63.7 Å². The number of benzene rings is 1. The summed E-state index contributed by atoms with van der Waals surface area (Å²) in [5.41, 5.74) is 2.81. The average molecular weight is 467 g/mol. The number of thiocarbonyl (C=S) groups is 1. The van der Waals surface area contributed by atoms with Crippen molar-refractivity contribution in [2.24, 2.45) is 5.92 Å². The van der Waals surface area contributed by atoms with Crippen LogP contribution in [0.15, 0.2) is 30.3 Å². The first-order valence-electron chi connectivity index (χ1n) is 12.3. The van der Waals surface area contributed by atoms with Crippen LogP contribution in [0.3, 0.4) is 0 Å². The standard InChI is InChI=1S/C25H34N6OS/c1-18-6-4-11-30(16-18)22-14-23(31-12-10-19-7-2-3-8-20(19)17-31)28-24(27-22)29-25(33)26-15-21-9-5-13-32-21/h2-3,7-8,14,18,21H,4-6,9-13,15-17H2,1H3,(H2,26,27,28,29,33)/t18-,21-/m1/s1. The van der Waals surface area contributed by atoms with Crippen molar-refractivity contribution in [2.45, 2.75) is 51.7 Å². The number of rotatable bonds is 5. The van der Waals surface area contributed by atoms with Gasteiger partial charge < -0.3 is 25.2 Å². The summed E-state index contributed by atoms with van der Waals surface area (Å²) in [6.07, 6.45) is 5.93. The Labute approximate surface area is 201 Å². The fourth-order valence-corrected chi connectivity index (χ4v) is 5.22. The maximum atomic E-state index is 5.69. The molecule has 176 valence electrons. The first-order chi connectivity index (χ1) is 16.1. The zero-order valence-corrected chi connectivity index (χ0v) is 20.2. The third kappa shape index (κ3) is 5.55. The van der Waals surface area contributed by atoms with Crippen molar-refractivity contribution >= 4 is 34.9 Å². The van der Waals surface area contributed by atoms with Crippen molar-refractivity contribution in [1.82, 2.24) is 15.3 Å². The predicted molar refractivity (Wildman–Crippen MR) is 137 cm³/mol. The minimum absolute atomic E-state index is 0.232. The molecule has 3 aliphatic rings. The quantitative estimate of drug-likeness (QED) is 0.646. The van der Waals surface area contributed by atoms with Crippen LogP contribution in [-0.4, -0.2) is 54.0 Å². The molecular weight excluding hydrogens is 432 g/mol. The molecule has 2 N–H and O–H groups in total. The highest BCUT2D eigenvalue weighted by molar-refractivity contribution is 7.80. The van der Waals surface area contributed by atoms with Gasteiger partial charge in [-0.2, -0.15) is 9.97 Å². The third-order valence-electron chi connectivity index (χ3n) is 6.87. The maximum Gasteiger partial charge on any atom is 0.232 e. The molecule has 1 aromatic carbocycles. The van der Waals surface area contributed by atoms with Crippen LogP contribution in [0, 0.1) is 5.92 Å². The zero-order valence-electron chi connectivity index (χ0n) is 19.4. The van der Waals surface area contributed by atoms with Gasteiger partial charge in [0.25, 0.3) is 0 Å². The van der Waals surface area contributed by atoms with E-state index in [-0.39, 0.29) is 6.10 Å². The molecule has 0 aliphatic carbocycles. The van der Waals surface area contributed by atoms with Crippen LogP contribution in [0.2, 0.25) is 0 Å². The van der Waals surface area contributed by atoms with Gasteiger partial charge in [0, 0.05) is 45.4 Å². The Morgan fingerprint density at radius 1 is 1.09 bits per heavy atom. The summed E-state index contributed by atoms with van der Waals surface area (Å²) in [5.74, 6) is 3.17. The number of hydrogen-bond donors (Lipinski definition) is 2. The molecular formula is C25H34N6OS. The number of ether oxygens (including phenoxy) is 1. The van der Waals surface area contributed by atoms with E-state index in [1.54, 1.807) is 0 Å². The number of anilines is 3. The van der Waals surface area contributed by atoms with Crippen LogP contribution in [0.1, 0.15) is 43.7 Å². The van der Waals surface area contributed by atoms with Crippen molar-refractivity contribution in [3.63, 3.8) is 0 Å². The number of nitrogens with zero attached hydrogens (tertiary/aromatic N) is 4. The molecule has 7 nitrogen and oxygen atoms in total. The highest BCUT2D eigenvalue weighted by Gasteiger charge is 2.23. The Morgan fingerprint density at radius 2 is 1.91 bits per heavy atom. The molecule has 8 heteroatoms. The molecule has 2 atom stereocenters. The van der Waals surface area contributed by atoms with E-state index in [2.05, 4.69) is 57.7 Å². The molecule has 0 spiro atoms. The van der Waals surface area contributed by atoms with Crippen LogP contribution >= 0.6 is 12.2 Å². The maximum absolute atomic E-state index is 5.69. The fourth-order valence-electron chi connectivity index (χ4n) is 5.05. The Hall–Kier alpha value is -2.45. The van der Waals surface area contributed by atoms with Crippen LogP contribution in [0.5, 0.6) is 0 Å². The second-order valence-corrected chi connectivity index (χ2v) is 9.92. The van der Waals surface area contributed by atoms with Gasteiger partial charge in [-0.15, -0.1) is 0 Å². The van der Waals surface area contributed by atoms with E-state index in [4.69, 9.17) is 26.9 Å². The summed E-state index contributed by atoms with van der Waals surface area (Å²) in [6.45, 7) is 7.75. The smallest absolute Gasteiger partial charge is 0.232 e. The lowest BCUT2D eigenvalue weighted by Gasteiger charge is -2.34. The summed E-state index contributed by atoms with van der Waals surface area (Å²) in [5, 5.41) is 7.07. The molecule has 0 saturated carbocycles. The van der Waals surface area contributed by atoms with Crippen LogP contribution in [-0.2, 0) is 17.7 Å². The van der Waals surface area contributed by atoms with Crippen molar-refractivity contribution in [1.29, 1.82) is 0 Å². The van der Waals surface area contributed by atoms with Crippen molar-refractivity contribution in [2.75, 3.05) is 47.9 Å². The highest BCUT2D eigenvalue weighted by atomic mass is 32.1. The molecule has 0 bridgehead atoms. The summed E-state index contributed by atoms with van der Waals surface area (Å²) in [7, 11) is 0. The number of hydrogen-bond acceptors (Lipinski definition) is 6. The summed E-state index contributed by atoms with van der Waals surface area (Å²) < 4.78 is 5.69. The summed E-state index contributed by atoms with van der Waals surface area (Å²) in [4.78, 5) is 14.5. The molecule has 0 amide bonds. The van der Waals surface area contributed by atoms with E-state index >= 15 is 0 Å². The van der Waals surface area contributed by atoms with Gasteiger partial charge in [0.15, 0.2) is 5.11 Å². The monoisotopic (exact) mass is 466 g/mol. The Kier molecular flexibility index (Phi) is 6.92. The first kappa shape index (κ1) is 22.3. The molecule has 0 radical (unpaired) electrons. The van der Waals surface area contributed by atoms with Gasteiger partial charge in [0.2, 0.25) is 5.95 Å². The number of nitrogens with one attached hydrogen (secondary N) is 2. The van der Waals surface area contributed by atoms with Crippen LogP contribution in [0.25, 0.3) is 0 Å². The zero-order chi connectivity index (χ0) is 22.6. The second kappa shape index (κ2) is 10.2. The fraction of sp³-hybridized carbons (Fsp3) is 0.560. The van der Waals surface area contributed by atoms with Crippen molar-refractivity contribution in [3.05, 3.63) is 41.5 Å². The normalized spacial score (nSPS) is 22.7. The molecule has 4 heterocycles. The summed E-state index contributed by atoms with van der Waals surface area (Å²) in [6, 6.07) is 10.9. The second-order valence-electron chi connectivity index (χ2n) is 9.51. The molecule has 1 aromatic heterocycles. The Morgan fingerprint density at radius 3 is 2.70 bits per heavy atom. The van der Waals surface area contributed by atoms with Crippen LogP contribution in [0.4, 0.5) is 17.6 Å². The SMILES string of the molecule is C[C@@H]1CCCN(c2cc(N3CCc4ccccc4C3)nc(NC(=S)NC[C@H]3CCCO3)n2)C1. The first-order valence-corrected chi connectivity index (χ1v) is 12.7. The van der Waals surface area contributed by atoms with Gasteiger partial charge in [-0.1, -0.05) is 31.2 Å². The van der Waals surface area contributed by atoms with E-state index in [1.165, 1.54) is 24.0 Å². The van der Waals surface area contributed by atoms with Gasteiger partial charge in [-0.05, 0) is 61.4 Å². The number of piperidine rings is 1. The van der Waals surface area contributed by atoms with Crippen LogP contribution < -0.4 is 20.4 Å². The lowest BCUT2D eigenvalue weighted by molar-refractivity contribution is 0.114. The number of fused-ring (bicyclic) bond motifs is 1. The highest BCUT2D eigenvalue weighted by Crippen LogP contribution is 2.29. The lowest BCUT2D eigenvalue weighted by Crippen LogP contribution is -2.37. The van der Waals surface area contributed by atoms with Gasteiger partial charge in [-0.25, -0.2) is 0 Å². The van der Waals surface area contributed by atoms with Gasteiger partial charge >= 0.3 is 0 Å². The minimum Gasteiger partial charge on any atom is -0.376 e. The van der Waals surface area contributed by atoms with E-state index < -0.39 is 0 Å². The molecule has 0 unspecified atom stereocenters. The molecule has 3 aliphatic heterocycles. The van der Waals surface area contributed by atoms with E-state index in [0.29, 0.717) is 23.5 Å². The minimum atomic E-state index is 0.232. The topological polar surface area (TPSA) is 65.5 Å². The average Bonchev–Trinajstić information content (AvgIpc) is 3.36. The molecule has 2 aromatic rings. The third-order valence-corrected chi connectivity index (χ3v) is 7.12. The van der Waals surface area contributed by atoms with Crippen molar-refractivity contribution < 1.29 is 4.74 Å². The van der Waals surface area contributed by atoms with E-state index in [9.17, 15) is 0 Å². The van der Waals surface area contributed by atoms with Gasteiger partial charge in [0.1, 0.15) is 11.6 Å². The molecule has 2 fully saturated rings. The molecule has 5 rings (SSSR count).